The van der Waals surface area contributed by atoms with Crippen molar-refractivity contribution in [2.75, 3.05) is 0 Å². The lowest BCUT2D eigenvalue weighted by atomic mass is 10.3. The van der Waals surface area contributed by atoms with Crippen molar-refractivity contribution >= 4 is 29.6 Å². The van der Waals surface area contributed by atoms with Crippen molar-refractivity contribution in [3.8, 4) is 11.6 Å². The summed E-state index contributed by atoms with van der Waals surface area (Å²) < 4.78 is 15.0. The van der Waals surface area contributed by atoms with Gasteiger partial charge in [-0.15, -0.1) is 11.3 Å². The van der Waals surface area contributed by atoms with Gasteiger partial charge in [0.1, 0.15) is 5.82 Å². The number of halogens is 1. The highest BCUT2D eigenvalue weighted by atomic mass is 32.1. The predicted octanol–water partition coefficient (Wildman–Crippen LogP) is 3.36. The quantitative estimate of drug-likeness (QED) is 0.717. The highest BCUT2D eigenvalue weighted by molar-refractivity contribution is 7.73. The first-order valence-corrected chi connectivity index (χ1v) is 8.29. The van der Waals surface area contributed by atoms with Crippen LogP contribution in [0.15, 0.2) is 64.3 Å². The third kappa shape index (κ3) is 2.57. The highest BCUT2D eigenvalue weighted by Gasteiger charge is 2.13. The van der Waals surface area contributed by atoms with E-state index in [1.165, 1.54) is 28.0 Å². The molecule has 0 aliphatic carbocycles. The van der Waals surface area contributed by atoms with Gasteiger partial charge in [-0.05, 0) is 48.6 Å². The van der Waals surface area contributed by atoms with E-state index < -0.39 is 0 Å². The molecule has 4 nitrogen and oxygen atoms in total. The van der Waals surface area contributed by atoms with Gasteiger partial charge in [0, 0.05) is 6.08 Å². The van der Waals surface area contributed by atoms with Gasteiger partial charge in [0.2, 0.25) is 5.88 Å². The summed E-state index contributed by atoms with van der Waals surface area (Å²) in [4.78, 5) is 9.37. The maximum absolute atomic E-state index is 13.1. The Kier molecular flexibility index (Phi) is 3.59. The zero-order valence-corrected chi connectivity index (χ0v) is 13.8. The van der Waals surface area contributed by atoms with Crippen molar-refractivity contribution in [1.29, 1.82) is 0 Å². The van der Waals surface area contributed by atoms with Crippen LogP contribution < -0.4 is 10.7 Å². The van der Waals surface area contributed by atoms with Crippen molar-refractivity contribution in [1.82, 2.24) is 4.57 Å². The number of rotatable bonds is 2. The summed E-state index contributed by atoms with van der Waals surface area (Å²) in [5.41, 5.74) is 0.600. The molecule has 24 heavy (non-hydrogen) atoms. The second-order valence-electron chi connectivity index (χ2n) is 5.08. The van der Waals surface area contributed by atoms with Gasteiger partial charge in [-0.1, -0.05) is 12.1 Å². The van der Waals surface area contributed by atoms with Gasteiger partial charge in [0.25, 0.3) is 0 Å². The maximum Gasteiger partial charge on any atom is 0.215 e. The molecule has 3 aromatic rings. The molecule has 0 radical (unpaired) electrons. The summed E-state index contributed by atoms with van der Waals surface area (Å²) in [6.07, 6.45) is 1.69. The normalized spacial score (nSPS) is 12.5. The molecule has 0 fully saturated rings. The average Bonchev–Trinajstić information content (AvgIpc) is 3.09. The smallest absolute Gasteiger partial charge is 0.215 e. The summed E-state index contributed by atoms with van der Waals surface area (Å²) in [7, 11) is 0. The van der Waals surface area contributed by atoms with Gasteiger partial charge in [-0.3, -0.25) is 4.57 Å². The lowest BCUT2D eigenvalue weighted by Gasteiger charge is -2.04. The van der Waals surface area contributed by atoms with Gasteiger partial charge in [0.15, 0.2) is 9.78 Å². The molecule has 4 rings (SSSR count). The minimum absolute atomic E-state index is 0.00883. The second-order valence-corrected chi connectivity index (χ2v) is 6.76. The monoisotopic (exact) mass is 355 g/mol. The van der Waals surface area contributed by atoms with Crippen LogP contribution in [0.1, 0.15) is 4.88 Å². The zero-order valence-electron chi connectivity index (χ0n) is 12.2. The number of fused-ring (bicyclic) bond motifs is 1. The van der Waals surface area contributed by atoms with Gasteiger partial charge in [-0.25, -0.2) is 14.4 Å². The molecular weight excluding hydrogens is 345 g/mol. The Balaban J connectivity index is 1.80. The third-order valence-electron chi connectivity index (χ3n) is 3.51. The first-order chi connectivity index (χ1) is 11.6. The number of hydrogen-bond donors (Lipinski definition) is 1. The van der Waals surface area contributed by atoms with Crippen LogP contribution in [0.25, 0.3) is 11.8 Å². The molecule has 0 saturated heterocycles. The van der Waals surface area contributed by atoms with Crippen molar-refractivity contribution in [2.24, 2.45) is 9.98 Å². The molecule has 0 amide bonds. The van der Waals surface area contributed by atoms with Gasteiger partial charge >= 0.3 is 0 Å². The average molecular weight is 355 g/mol. The topological polar surface area (TPSA) is 49.9 Å². The van der Waals surface area contributed by atoms with Crippen LogP contribution in [0.2, 0.25) is 0 Å². The number of aromatic hydroxyl groups is 1. The minimum atomic E-state index is -0.344. The molecule has 1 aromatic heterocycles. The van der Waals surface area contributed by atoms with Gasteiger partial charge < -0.3 is 5.11 Å². The fourth-order valence-electron chi connectivity index (χ4n) is 2.40. The Bertz CT molecular complexity index is 1110. The largest absolute Gasteiger partial charge is 0.493 e. The number of thiazole rings is 1. The van der Waals surface area contributed by atoms with E-state index in [1.54, 1.807) is 18.2 Å². The molecule has 118 valence electrons. The van der Waals surface area contributed by atoms with E-state index in [1.807, 2.05) is 24.3 Å². The molecule has 2 heterocycles. The van der Waals surface area contributed by atoms with Gasteiger partial charge in [-0.2, -0.15) is 0 Å². The Morgan fingerprint density at radius 2 is 1.67 bits per heavy atom. The fourth-order valence-corrected chi connectivity index (χ4v) is 3.68. The Hall–Kier alpha value is -2.64. The van der Waals surface area contributed by atoms with E-state index >= 15 is 0 Å². The predicted molar refractivity (Wildman–Crippen MR) is 92.8 cm³/mol. The van der Waals surface area contributed by atoms with E-state index in [2.05, 4.69) is 9.98 Å². The van der Waals surface area contributed by atoms with Crippen LogP contribution in [0.4, 0.5) is 4.39 Å². The van der Waals surface area contributed by atoms with Crippen molar-refractivity contribution < 1.29 is 9.50 Å². The Labute approximate surface area is 145 Å². The number of benzene rings is 2. The molecule has 0 atom stereocenters. The molecular formula is C17H10FN3OS2. The summed E-state index contributed by atoms with van der Waals surface area (Å²) >= 11 is 6.57. The fraction of sp³-hybridized carbons (Fsp3) is 0. The lowest BCUT2D eigenvalue weighted by molar-refractivity contribution is 0.441. The first kappa shape index (κ1) is 14.9. The molecule has 1 aliphatic heterocycles. The zero-order chi connectivity index (χ0) is 16.7. The van der Waals surface area contributed by atoms with E-state index in [4.69, 9.17) is 12.2 Å². The van der Waals surface area contributed by atoms with Crippen molar-refractivity contribution in [2.45, 2.75) is 0 Å². The van der Waals surface area contributed by atoms with Crippen molar-refractivity contribution in [3.63, 3.8) is 0 Å². The number of nitrogens with zero attached hydrogens (tertiary/aromatic N) is 3. The summed E-state index contributed by atoms with van der Waals surface area (Å²) in [5, 5.41) is 12.1. The van der Waals surface area contributed by atoms with E-state index in [0.717, 1.165) is 10.7 Å². The maximum atomic E-state index is 13.1. The standard InChI is InChI=1S/C17H10FN3OS2/c18-10-5-7-11(8-6-10)21-16(22)14(24-17(21)23)9-15-19-12-3-1-2-4-13(12)20-15/h1-9,22H. The molecule has 1 aliphatic rings. The second kappa shape index (κ2) is 5.77. The summed E-state index contributed by atoms with van der Waals surface area (Å²) in [5.74, 6) is 0.156. The van der Waals surface area contributed by atoms with E-state index in [9.17, 15) is 9.50 Å². The Morgan fingerprint density at radius 1 is 1.04 bits per heavy atom. The SMILES string of the molecule is Oc1c(C=C2N=c3ccccc3=N2)sc(=S)n1-c1ccc(F)cc1. The third-order valence-corrected chi connectivity index (χ3v) is 4.82. The molecule has 0 spiro atoms. The lowest BCUT2D eigenvalue weighted by Crippen LogP contribution is -2.19. The Morgan fingerprint density at radius 3 is 2.29 bits per heavy atom. The van der Waals surface area contributed by atoms with Crippen LogP contribution in [0.3, 0.4) is 0 Å². The molecule has 7 heteroatoms. The number of para-hydroxylation sites is 2. The van der Waals surface area contributed by atoms with Crippen LogP contribution in [0.5, 0.6) is 5.88 Å². The summed E-state index contributed by atoms with van der Waals surface area (Å²) in [6, 6.07) is 13.3. The minimum Gasteiger partial charge on any atom is -0.493 e. The number of aromatic nitrogens is 1. The first-order valence-electron chi connectivity index (χ1n) is 7.07. The van der Waals surface area contributed by atoms with Crippen LogP contribution in [-0.2, 0) is 0 Å². The van der Waals surface area contributed by atoms with Crippen molar-refractivity contribution in [3.05, 3.63) is 79.7 Å². The van der Waals surface area contributed by atoms with Crippen LogP contribution >= 0.6 is 23.6 Å². The molecule has 0 saturated carbocycles. The van der Waals surface area contributed by atoms with Gasteiger partial charge in [0.05, 0.1) is 21.3 Å². The van der Waals surface area contributed by atoms with E-state index in [0.29, 0.717) is 20.3 Å². The molecule has 2 aromatic carbocycles. The summed E-state index contributed by atoms with van der Waals surface area (Å²) in [6.45, 7) is 0. The highest BCUT2D eigenvalue weighted by Crippen LogP contribution is 2.31. The van der Waals surface area contributed by atoms with Crippen LogP contribution in [0, 0.1) is 9.77 Å². The van der Waals surface area contributed by atoms with E-state index in [-0.39, 0.29) is 11.7 Å². The molecule has 1 N–H and O–H groups in total. The number of hydrogen-bond acceptors (Lipinski definition) is 5. The molecule has 0 bridgehead atoms. The van der Waals surface area contributed by atoms with Crippen LogP contribution in [-0.4, -0.2) is 9.67 Å². The molecule has 0 unspecified atom stereocenters.